The highest BCUT2D eigenvalue weighted by molar-refractivity contribution is 5.95. The Labute approximate surface area is 208 Å². The molecule has 5 heteroatoms. The number of hydrogen-bond acceptors (Lipinski definition) is 2. The lowest BCUT2D eigenvalue weighted by Crippen LogP contribution is -2.28. The fourth-order valence-corrected chi connectivity index (χ4v) is 5.36. The van der Waals surface area contributed by atoms with Crippen molar-refractivity contribution in [2.24, 2.45) is 5.92 Å². The molecule has 0 bridgehead atoms. The number of unbranched alkanes of at least 4 members (excludes halogenated alkanes) is 3. The first-order chi connectivity index (χ1) is 17.1. The minimum atomic E-state index is -0.928. The van der Waals surface area contributed by atoms with Crippen molar-refractivity contribution >= 4 is 5.97 Å². The molecule has 0 radical (unpaired) electrons. The fraction of sp³-hybridized carbons (Fsp3) is 0.467. The van der Waals surface area contributed by atoms with E-state index in [9.17, 15) is 14.7 Å². The van der Waals surface area contributed by atoms with Gasteiger partial charge in [-0.25, -0.2) is 9.59 Å². The molecule has 0 spiro atoms. The quantitative estimate of drug-likeness (QED) is 0.312. The zero-order valence-corrected chi connectivity index (χ0v) is 20.9. The lowest BCUT2D eigenvalue weighted by molar-refractivity contribution is 0.0697. The summed E-state index contributed by atoms with van der Waals surface area (Å²) in [6, 6.07) is 15.0. The standard InChI is InChI=1S/C30H38N2O3/c1-2-3-4-8-13-26-22-31(20-23-11-6-5-7-12-23)30(35)32(26)21-24-16-18-25(19-17-24)27-14-9-10-15-28(27)29(33)34/h9-10,14-19,22-23H,2-8,11-13,20-21H2,1H3,(H,33,34). The number of rotatable bonds is 11. The zero-order chi connectivity index (χ0) is 24.6. The van der Waals surface area contributed by atoms with Crippen LogP contribution in [-0.2, 0) is 19.5 Å². The summed E-state index contributed by atoms with van der Waals surface area (Å²) in [4.78, 5) is 25.0. The molecule has 1 aromatic heterocycles. The lowest BCUT2D eigenvalue weighted by Gasteiger charge is -2.21. The van der Waals surface area contributed by atoms with Gasteiger partial charge in [-0.3, -0.25) is 9.13 Å². The van der Waals surface area contributed by atoms with Crippen LogP contribution in [0.2, 0.25) is 0 Å². The Kier molecular flexibility index (Phi) is 8.62. The summed E-state index contributed by atoms with van der Waals surface area (Å²) in [6.07, 6.45) is 14.1. The highest BCUT2D eigenvalue weighted by Gasteiger charge is 2.18. The number of aromatic nitrogens is 2. The van der Waals surface area contributed by atoms with Crippen LogP contribution in [0.25, 0.3) is 11.1 Å². The van der Waals surface area contributed by atoms with Gasteiger partial charge in [-0.15, -0.1) is 0 Å². The number of carbonyl (C=O) groups is 1. The van der Waals surface area contributed by atoms with Crippen LogP contribution in [0.5, 0.6) is 0 Å². The van der Waals surface area contributed by atoms with E-state index in [1.54, 1.807) is 12.1 Å². The van der Waals surface area contributed by atoms with Crippen LogP contribution in [0.4, 0.5) is 0 Å². The summed E-state index contributed by atoms with van der Waals surface area (Å²) in [6.45, 7) is 3.59. The van der Waals surface area contributed by atoms with E-state index >= 15 is 0 Å². The van der Waals surface area contributed by atoms with Gasteiger partial charge < -0.3 is 5.11 Å². The molecule has 186 valence electrons. The maximum Gasteiger partial charge on any atom is 0.336 e. The molecule has 1 aliphatic carbocycles. The van der Waals surface area contributed by atoms with Gasteiger partial charge in [0.25, 0.3) is 0 Å². The summed E-state index contributed by atoms with van der Waals surface area (Å²) < 4.78 is 3.91. The summed E-state index contributed by atoms with van der Waals surface area (Å²) in [5.74, 6) is -0.318. The number of aromatic carboxylic acids is 1. The predicted molar refractivity (Wildman–Crippen MR) is 141 cm³/mol. The maximum atomic E-state index is 13.4. The van der Waals surface area contributed by atoms with Gasteiger partial charge in [0.2, 0.25) is 0 Å². The molecule has 1 saturated carbocycles. The Morgan fingerprint density at radius 1 is 0.971 bits per heavy atom. The van der Waals surface area contributed by atoms with Crippen LogP contribution in [0.1, 0.15) is 86.3 Å². The normalized spacial score (nSPS) is 14.3. The smallest absolute Gasteiger partial charge is 0.336 e. The van der Waals surface area contributed by atoms with Gasteiger partial charge in [-0.05, 0) is 54.4 Å². The van der Waals surface area contributed by atoms with E-state index in [1.165, 1.54) is 51.4 Å². The Hall–Kier alpha value is -3.08. The molecule has 0 saturated heterocycles. The van der Waals surface area contributed by atoms with Gasteiger partial charge in [0.05, 0.1) is 12.1 Å². The molecule has 3 aromatic rings. The molecular formula is C30H38N2O3. The number of carboxylic acids is 1. The molecule has 0 amide bonds. The van der Waals surface area contributed by atoms with Crippen LogP contribution in [0, 0.1) is 5.92 Å². The van der Waals surface area contributed by atoms with Crippen molar-refractivity contribution in [3.63, 3.8) is 0 Å². The van der Waals surface area contributed by atoms with Crippen LogP contribution in [0.3, 0.4) is 0 Å². The first-order valence-electron chi connectivity index (χ1n) is 13.3. The Morgan fingerprint density at radius 2 is 1.71 bits per heavy atom. The number of carboxylic acid groups (broad SMARTS) is 1. The van der Waals surface area contributed by atoms with Crippen molar-refractivity contribution in [2.45, 2.75) is 84.2 Å². The molecular weight excluding hydrogens is 436 g/mol. The second-order valence-corrected chi connectivity index (χ2v) is 10.0. The van der Waals surface area contributed by atoms with E-state index in [1.807, 2.05) is 45.5 Å². The first-order valence-corrected chi connectivity index (χ1v) is 13.3. The van der Waals surface area contributed by atoms with Crippen molar-refractivity contribution in [2.75, 3.05) is 0 Å². The van der Waals surface area contributed by atoms with Crippen LogP contribution >= 0.6 is 0 Å². The number of benzene rings is 2. The average molecular weight is 475 g/mol. The van der Waals surface area contributed by atoms with Gasteiger partial charge in [0.15, 0.2) is 0 Å². The van der Waals surface area contributed by atoms with Gasteiger partial charge in [-0.1, -0.05) is 87.9 Å². The lowest BCUT2D eigenvalue weighted by atomic mass is 9.89. The molecule has 2 aromatic carbocycles. The Bertz CT molecular complexity index is 1170. The van der Waals surface area contributed by atoms with Crippen LogP contribution in [-0.4, -0.2) is 20.2 Å². The molecule has 1 heterocycles. The third-order valence-corrected chi connectivity index (χ3v) is 7.36. The van der Waals surface area contributed by atoms with Crippen molar-refractivity contribution in [3.05, 3.63) is 82.0 Å². The molecule has 35 heavy (non-hydrogen) atoms. The zero-order valence-electron chi connectivity index (χ0n) is 20.9. The van der Waals surface area contributed by atoms with E-state index in [4.69, 9.17) is 0 Å². The van der Waals surface area contributed by atoms with Crippen LogP contribution < -0.4 is 5.69 Å². The fourth-order valence-electron chi connectivity index (χ4n) is 5.36. The predicted octanol–water partition coefficient (Wildman–Crippen LogP) is 6.77. The summed E-state index contributed by atoms with van der Waals surface area (Å²) in [5.41, 5.74) is 4.15. The van der Waals surface area contributed by atoms with Gasteiger partial charge >= 0.3 is 11.7 Å². The highest BCUT2D eigenvalue weighted by Crippen LogP contribution is 2.26. The topological polar surface area (TPSA) is 64.2 Å². The molecule has 0 atom stereocenters. The van der Waals surface area contributed by atoms with Gasteiger partial charge in [0.1, 0.15) is 0 Å². The summed E-state index contributed by atoms with van der Waals surface area (Å²) in [5, 5.41) is 9.52. The van der Waals surface area contributed by atoms with Crippen LogP contribution in [0.15, 0.2) is 59.5 Å². The largest absolute Gasteiger partial charge is 0.478 e. The van der Waals surface area contributed by atoms with E-state index in [0.717, 1.165) is 36.2 Å². The highest BCUT2D eigenvalue weighted by atomic mass is 16.4. The second kappa shape index (κ2) is 12.1. The minimum absolute atomic E-state index is 0.0985. The number of hydrogen-bond donors (Lipinski definition) is 1. The van der Waals surface area contributed by atoms with E-state index in [0.29, 0.717) is 23.6 Å². The molecule has 1 N–H and O–H groups in total. The Balaban J connectivity index is 1.55. The molecule has 4 rings (SSSR count). The second-order valence-electron chi connectivity index (χ2n) is 10.0. The monoisotopic (exact) mass is 474 g/mol. The maximum absolute atomic E-state index is 13.4. The SMILES string of the molecule is CCCCCCc1cn(CC2CCCCC2)c(=O)n1Cc1ccc(-c2ccccc2C(=O)O)cc1. The van der Waals surface area contributed by atoms with Gasteiger partial charge in [-0.2, -0.15) is 0 Å². The first kappa shape index (κ1) is 25.0. The molecule has 0 aliphatic heterocycles. The Morgan fingerprint density at radius 3 is 2.43 bits per heavy atom. The third-order valence-electron chi connectivity index (χ3n) is 7.36. The third kappa shape index (κ3) is 6.33. The van der Waals surface area contributed by atoms with Gasteiger partial charge in [0, 0.05) is 18.4 Å². The average Bonchev–Trinajstić information content (AvgIpc) is 3.16. The van der Waals surface area contributed by atoms with Crippen molar-refractivity contribution in [1.29, 1.82) is 0 Å². The van der Waals surface area contributed by atoms with Crippen molar-refractivity contribution in [1.82, 2.24) is 9.13 Å². The number of imidazole rings is 1. The van der Waals surface area contributed by atoms with E-state index < -0.39 is 5.97 Å². The van der Waals surface area contributed by atoms with Crippen molar-refractivity contribution in [3.8, 4) is 11.1 Å². The van der Waals surface area contributed by atoms with E-state index in [2.05, 4.69) is 13.1 Å². The molecule has 0 unspecified atom stereocenters. The summed E-state index contributed by atoms with van der Waals surface area (Å²) in [7, 11) is 0. The minimum Gasteiger partial charge on any atom is -0.478 e. The van der Waals surface area contributed by atoms with Crippen molar-refractivity contribution < 1.29 is 9.90 Å². The number of aryl methyl sites for hydroxylation is 1. The summed E-state index contributed by atoms with van der Waals surface area (Å²) >= 11 is 0. The number of nitrogens with zero attached hydrogens (tertiary/aromatic N) is 2. The van der Waals surface area contributed by atoms with E-state index in [-0.39, 0.29) is 5.69 Å². The molecule has 5 nitrogen and oxygen atoms in total. The molecule has 1 fully saturated rings. The molecule has 1 aliphatic rings.